The van der Waals surface area contributed by atoms with E-state index in [-0.39, 0.29) is 0 Å². The number of furan rings is 1. The lowest BCUT2D eigenvalue weighted by molar-refractivity contribution is -0.0328. The van der Waals surface area contributed by atoms with Gasteiger partial charge in [-0.05, 0) is 70.4 Å². The highest BCUT2D eigenvalue weighted by Crippen LogP contribution is 2.50. The number of hydrogen-bond donors (Lipinski definition) is 1. The highest BCUT2D eigenvalue weighted by molar-refractivity contribution is 6.03. The van der Waals surface area contributed by atoms with Gasteiger partial charge in [0, 0.05) is 29.8 Å². The third-order valence-corrected chi connectivity index (χ3v) is 8.56. The van der Waals surface area contributed by atoms with Gasteiger partial charge in [0.1, 0.15) is 11.1 Å². The SMILES string of the molecule is COc1nc(N2CCCCC2)nc2oc(-c3ccc(C4(N(C(=O)O)C(C)(C)C)CCC4)cc3)c(-c3ccccc3)c12. The summed E-state index contributed by atoms with van der Waals surface area (Å²) in [5.41, 5.74) is 3.21. The number of amides is 1. The second-order valence-corrected chi connectivity index (χ2v) is 12.2. The lowest BCUT2D eigenvalue weighted by Gasteiger charge is -2.54. The summed E-state index contributed by atoms with van der Waals surface area (Å²) in [7, 11) is 1.64. The first-order chi connectivity index (χ1) is 19.7. The number of nitrogens with zero attached hydrogens (tertiary/aromatic N) is 4. The Hall–Kier alpha value is -4.07. The zero-order valence-corrected chi connectivity index (χ0v) is 24.3. The van der Waals surface area contributed by atoms with E-state index < -0.39 is 17.2 Å². The molecule has 1 aliphatic carbocycles. The number of benzene rings is 2. The summed E-state index contributed by atoms with van der Waals surface area (Å²) in [6, 6.07) is 18.3. The molecule has 214 valence electrons. The minimum absolute atomic E-state index is 0.496. The van der Waals surface area contributed by atoms with Crippen molar-refractivity contribution in [1.29, 1.82) is 0 Å². The third kappa shape index (κ3) is 4.69. The van der Waals surface area contributed by atoms with Crippen molar-refractivity contribution in [3.05, 3.63) is 60.2 Å². The normalized spacial score (nSPS) is 16.8. The van der Waals surface area contributed by atoms with Crippen LogP contribution in [0.2, 0.25) is 0 Å². The first kappa shape index (κ1) is 27.1. The maximum Gasteiger partial charge on any atom is 0.408 e. The van der Waals surface area contributed by atoms with Gasteiger partial charge in [0.2, 0.25) is 17.5 Å². The number of carboxylic acid groups (broad SMARTS) is 1. The van der Waals surface area contributed by atoms with E-state index in [0.29, 0.717) is 23.3 Å². The number of fused-ring (bicyclic) bond motifs is 1. The van der Waals surface area contributed by atoms with E-state index in [1.165, 1.54) is 6.42 Å². The topological polar surface area (TPSA) is 91.9 Å². The Balaban J connectivity index is 1.48. The van der Waals surface area contributed by atoms with Crippen LogP contribution in [0.15, 0.2) is 59.0 Å². The number of aromatic nitrogens is 2. The molecule has 2 aromatic carbocycles. The smallest absolute Gasteiger partial charge is 0.408 e. The molecule has 8 nitrogen and oxygen atoms in total. The van der Waals surface area contributed by atoms with Gasteiger partial charge >= 0.3 is 6.09 Å². The number of hydrogen-bond acceptors (Lipinski definition) is 6. The molecule has 1 amide bonds. The van der Waals surface area contributed by atoms with Crippen molar-refractivity contribution in [2.24, 2.45) is 0 Å². The van der Waals surface area contributed by atoms with E-state index in [4.69, 9.17) is 19.1 Å². The lowest BCUT2D eigenvalue weighted by atomic mass is 9.69. The number of piperidine rings is 1. The molecule has 2 aromatic heterocycles. The highest BCUT2D eigenvalue weighted by atomic mass is 16.5. The highest BCUT2D eigenvalue weighted by Gasteiger charge is 2.50. The van der Waals surface area contributed by atoms with Gasteiger partial charge in [-0.1, -0.05) is 54.6 Å². The lowest BCUT2D eigenvalue weighted by Crippen LogP contribution is -2.60. The zero-order valence-electron chi connectivity index (χ0n) is 24.3. The molecule has 2 aliphatic rings. The summed E-state index contributed by atoms with van der Waals surface area (Å²) in [6.07, 6.45) is 5.18. The Bertz CT molecular complexity index is 1550. The summed E-state index contributed by atoms with van der Waals surface area (Å²) in [5.74, 6) is 1.82. The van der Waals surface area contributed by atoms with Gasteiger partial charge in [0.05, 0.1) is 12.6 Å². The molecule has 1 N–H and O–H groups in total. The molecule has 0 radical (unpaired) electrons. The van der Waals surface area contributed by atoms with Gasteiger partial charge in [-0.15, -0.1) is 0 Å². The van der Waals surface area contributed by atoms with Gasteiger partial charge in [0.25, 0.3) is 0 Å². The van der Waals surface area contributed by atoms with Gasteiger partial charge in [-0.25, -0.2) is 4.79 Å². The van der Waals surface area contributed by atoms with Gasteiger partial charge < -0.3 is 19.2 Å². The van der Waals surface area contributed by atoms with E-state index in [9.17, 15) is 9.90 Å². The Morgan fingerprint density at radius 2 is 1.63 bits per heavy atom. The molecule has 41 heavy (non-hydrogen) atoms. The number of rotatable bonds is 6. The van der Waals surface area contributed by atoms with Gasteiger partial charge in [-0.3, -0.25) is 4.90 Å². The molecule has 3 heterocycles. The molecule has 0 atom stereocenters. The van der Waals surface area contributed by atoms with Gasteiger partial charge in [-0.2, -0.15) is 9.97 Å². The average Bonchev–Trinajstić information content (AvgIpc) is 3.34. The molecule has 0 spiro atoms. The van der Waals surface area contributed by atoms with Crippen molar-refractivity contribution in [3.8, 4) is 28.3 Å². The summed E-state index contributed by atoms with van der Waals surface area (Å²) >= 11 is 0. The second kappa shape index (κ2) is 10.4. The Kier molecular flexibility index (Phi) is 6.88. The third-order valence-electron chi connectivity index (χ3n) is 8.56. The van der Waals surface area contributed by atoms with Crippen LogP contribution in [0, 0.1) is 0 Å². The van der Waals surface area contributed by atoms with Crippen LogP contribution in [0.3, 0.4) is 0 Å². The molecular weight excluding hydrogens is 516 g/mol. The van der Waals surface area contributed by atoms with Crippen LogP contribution in [-0.2, 0) is 5.54 Å². The van der Waals surface area contributed by atoms with Gasteiger partial charge in [0.15, 0.2) is 0 Å². The first-order valence-electron chi connectivity index (χ1n) is 14.6. The zero-order chi connectivity index (χ0) is 28.8. The van der Waals surface area contributed by atoms with E-state index in [2.05, 4.69) is 29.2 Å². The Morgan fingerprint density at radius 3 is 2.20 bits per heavy atom. The van der Waals surface area contributed by atoms with Crippen molar-refractivity contribution < 1.29 is 19.1 Å². The molecule has 1 saturated heterocycles. The van der Waals surface area contributed by atoms with E-state index in [1.807, 2.05) is 51.1 Å². The molecule has 6 rings (SSSR count). The van der Waals surface area contributed by atoms with Crippen molar-refractivity contribution in [3.63, 3.8) is 0 Å². The number of carbonyl (C=O) groups is 1. The predicted molar refractivity (Wildman–Crippen MR) is 160 cm³/mol. The fraction of sp³-hybridized carbons (Fsp3) is 0.424. The van der Waals surface area contributed by atoms with Crippen LogP contribution in [0.1, 0.15) is 64.9 Å². The molecule has 1 aliphatic heterocycles. The quantitative estimate of drug-likeness (QED) is 0.261. The minimum atomic E-state index is -0.889. The monoisotopic (exact) mass is 554 g/mol. The maximum atomic E-state index is 12.4. The number of methoxy groups -OCH3 is 1. The van der Waals surface area contributed by atoms with Crippen LogP contribution in [0.25, 0.3) is 33.6 Å². The van der Waals surface area contributed by atoms with Crippen LogP contribution in [0.5, 0.6) is 5.88 Å². The molecule has 1 saturated carbocycles. The van der Waals surface area contributed by atoms with Crippen molar-refractivity contribution in [2.75, 3.05) is 25.1 Å². The van der Waals surface area contributed by atoms with E-state index in [0.717, 1.165) is 72.8 Å². The molecule has 2 fully saturated rings. The van der Waals surface area contributed by atoms with Crippen LogP contribution in [0.4, 0.5) is 10.7 Å². The summed E-state index contributed by atoms with van der Waals surface area (Å²) in [4.78, 5) is 26.0. The van der Waals surface area contributed by atoms with Crippen molar-refractivity contribution >= 4 is 23.1 Å². The molecule has 8 heteroatoms. The van der Waals surface area contributed by atoms with E-state index >= 15 is 0 Å². The standard InChI is InChI=1S/C33H38N4O4/c1-32(2,3)37(31(38)39)33(18-11-19-33)24-16-14-23(15-17-24)27-25(22-12-7-5-8-13-22)26-28(40-4)34-30(35-29(26)41-27)36-20-9-6-10-21-36/h5,7-8,12-17H,6,9-11,18-21H2,1-4H3,(H,38,39). The fourth-order valence-corrected chi connectivity index (χ4v) is 6.62. The molecule has 0 unspecified atom stereocenters. The fourth-order valence-electron chi connectivity index (χ4n) is 6.62. The average molecular weight is 555 g/mol. The summed E-state index contributed by atoms with van der Waals surface area (Å²) in [6.45, 7) is 7.71. The Morgan fingerprint density at radius 1 is 0.951 bits per heavy atom. The van der Waals surface area contributed by atoms with Crippen molar-refractivity contribution in [2.45, 2.75) is 70.4 Å². The van der Waals surface area contributed by atoms with Crippen LogP contribution in [-0.4, -0.2) is 51.8 Å². The van der Waals surface area contributed by atoms with Crippen LogP contribution >= 0.6 is 0 Å². The Labute approximate surface area is 241 Å². The second-order valence-electron chi connectivity index (χ2n) is 12.2. The number of anilines is 1. The first-order valence-corrected chi connectivity index (χ1v) is 14.6. The number of ether oxygens (including phenoxy) is 1. The maximum absolute atomic E-state index is 12.4. The summed E-state index contributed by atoms with van der Waals surface area (Å²) in [5, 5.41) is 10.9. The minimum Gasteiger partial charge on any atom is -0.480 e. The largest absolute Gasteiger partial charge is 0.480 e. The van der Waals surface area contributed by atoms with Crippen molar-refractivity contribution in [1.82, 2.24) is 14.9 Å². The molecule has 0 bridgehead atoms. The van der Waals surface area contributed by atoms with Crippen LogP contribution < -0.4 is 9.64 Å². The molecular formula is C33H38N4O4. The molecule has 4 aromatic rings. The van der Waals surface area contributed by atoms with E-state index in [1.54, 1.807) is 12.0 Å². The predicted octanol–water partition coefficient (Wildman–Crippen LogP) is 7.71. The summed E-state index contributed by atoms with van der Waals surface area (Å²) < 4.78 is 12.4.